The molecule has 0 saturated heterocycles. The number of carbonyl (C=O) groups excluding carboxylic acids is 2. The lowest BCUT2D eigenvalue weighted by Gasteiger charge is -2.32. The Morgan fingerprint density at radius 3 is 2.41 bits per heavy atom. The first kappa shape index (κ1) is 27.0. The molecule has 0 spiro atoms. The maximum atomic E-state index is 14.7. The zero-order chi connectivity index (χ0) is 26.2. The fourth-order valence-corrected chi connectivity index (χ4v) is 5.01. The van der Waals surface area contributed by atoms with Crippen molar-refractivity contribution in [3.05, 3.63) is 99.8 Å². The molecule has 0 aliphatic heterocycles. The van der Waals surface area contributed by atoms with E-state index in [2.05, 4.69) is 5.32 Å². The molecule has 194 valence electrons. The van der Waals surface area contributed by atoms with Gasteiger partial charge < -0.3 is 15.0 Å². The Kier molecular flexibility index (Phi) is 9.42. The quantitative estimate of drug-likeness (QED) is 0.331. The van der Waals surface area contributed by atoms with Crippen LogP contribution in [0.3, 0.4) is 0 Å². The second kappa shape index (κ2) is 12.9. The molecule has 0 aromatic heterocycles. The minimum Gasteiger partial charge on any atom is -0.482 e. The van der Waals surface area contributed by atoms with E-state index in [1.54, 1.807) is 30.3 Å². The molecule has 2 amide bonds. The summed E-state index contributed by atoms with van der Waals surface area (Å²) in [6, 6.07) is 19.6. The van der Waals surface area contributed by atoms with Crippen molar-refractivity contribution in [3.8, 4) is 5.75 Å². The van der Waals surface area contributed by atoms with E-state index < -0.39 is 17.8 Å². The second-order valence-corrected chi connectivity index (χ2v) is 10.0. The van der Waals surface area contributed by atoms with Gasteiger partial charge in [-0.15, -0.1) is 0 Å². The molecule has 37 heavy (non-hydrogen) atoms. The Morgan fingerprint density at radius 1 is 1.00 bits per heavy atom. The van der Waals surface area contributed by atoms with Gasteiger partial charge in [0.25, 0.3) is 5.91 Å². The van der Waals surface area contributed by atoms with Gasteiger partial charge >= 0.3 is 0 Å². The number of carbonyl (C=O) groups is 2. The van der Waals surface area contributed by atoms with Gasteiger partial charge in [-0.2, -0.15) is 0 Å². The Labute approximate surface area is 226 Å². The van der Waals surface area contributed by atoms with Gasteiger partial charge in [0.05, 0.1) is 5.02 Å². The predicted molar refractivity (Wildman–Crippen MR) is 143 cm³/mol. The van der Waals surface area contributed by atoms with Crippen LogP contribution in [0, 0.1) is 5.82 Å². The van der Waals surface area contributed by atoms with Crippen LogP contribution < -0.4 is 10.1 Å². The maximum absolute atomic E-state index is 14.7. The first-order valence-corrected chi connectivity index (χ1v) is 13.1. The van der Waals surface area contributed by atoms with Crippen LogP contribution in [0.4, 0.5) is 4.39 Å². The number of halogens is 3. The monoisotopic (exact) mass is 542 g/mol. The lowest BCUT2D eigenvalue weighted by atomic mass is 10.0. The lowest BCUT2D eigenvalue weighted by Crippen LogP contribution is -2.53. The number of nitrogens with one attached hydrogen (secondary N) is 1. The number of amides is 2. The molecule has 0 radical (unpaired) electrons. The molecular formula is C29H29Cl2FN2O3. The van der Waals surface area contributed by atoms with Crippen molar-refractivity contribution < 1.29 is 18.7 Å². The average Bonchev–Trinajstić information content (AvgIpc) is 3.40. The van der Waals surface area contributed by atoms with Crippen molar-refractivity contribution in [3.63, 3.8) is 0 Å². The van der Waals surface area contributed by atoms with E-state index in [0.29, 0.717) is 16.3 Å². The zero-order valence-corrected chi connectivity index (χ0v) is 21.9. The Bertz CT molecular complexity index is 1220. The van der Waals surface area contributed by atoms with Crippen LogP contribution in [-0.2, 0) is 22.6 Å². The van der Waals surface area contributed by atoms with E-state index in [4.69, 9.17) is 27.9 Å². The van der Waals surface area contributed by atoms with Crippen LogP contribution >= 0.6 is 23.2 Å². The standard InChI is InChI=1S/C29H29Cl2FN2O3/c30-22-14-15-27(24(31)17-22)37-19-28(35)34(18-21-10-4-7-13-25(21)32)26(16-20-8-2-1-3-9-20)29(36)33-23-11-5-6-12-23/h1-4,7-10,13-15,17,23,26H,5-6,11-12,16,18-19H2,(H,33,36)/t26-/m0/s1. The summed E-state index contributed by atoms with van der Waals surface area (Å²) in [6.07, 6.45) is 4.21. The molecule has 1 N–H and O–H groups in total. The first-order chi connectivity index (χ1) is 17.9. The van der Waals surface area contributed by atoms with Crippen LogP contribution in [0.1, 0.15) is 36.8 Å². The van der Waals surface area contributed by atoms with Crippen molar-refractivity contribution in [1.29, 1.82) is 0 Å². The lowest BCUT2D eigenvalue weighted by molar-refractivity contribution is -0.143. The summed E-state index contributed by atoms with van der Waals surface area (Å²) in [6.45, 7) is -0.462. The molecule has 3 aromatic rings. The molecule has 1 fully saturated rings. The summed E-state index contributed by atoms with van der Waals surface area (Å²) in [5.74, 6) is -0.876. The van der Waals surface area contributed by atoms with E-state index in [0.717, 1.165) is 31.2 Å². The summed E-state index contributed by atoms with van der Waals surface area (Å²) in [5.41, 5.74) is 1.20. The maximum Gasteiger partial charge on any atom is 0.261 e. The SMILES string of the molecule is O=C(NC1CCCC1)[C@H](Cc1ccccc1)N(Cc1ccccc1F)C(=O)COc1ccc(Cl)cc1Cl. The van der Waals surface area contributed by atoms with Crippen LogP contribution in [0.2, 0.25) is 10.0 Å². The largest absolute Gasteiger partial charge is 0.482 e. The number of ether oxygens (including phenoxy) is 1. The predicted octanol–water partition coefficient (Wildman–Crippen LogP) is 6.21. The van der Waals surface area contributed by atoms with Gasteiger partial charge in [-0.05, 0) is 42.7 Å². The summed E-state index contributed by atoms with van der Waals surface area (Å²) in [7, 11) is 0. The van der Waals surface area contributed by atoms with Crippen LogP contribution in [0.25, 0.3) is 0 Å². The van der Waals surface area contributed by atoms with E-state index in [1.807, 2.05) is 30.3 Å². The molecule has 3 aromatic carbocycles. The van der Waals surface area contributed by atoms with Crippen molar-refractivity contribution in [2.24, 2.45) is 0 Å². The normalized spacial score (nSPS) is 14.2. The number of hydrogen-bond donors (Lipinski definition) is 1. The number of nitrogens with zero attached hydrogens (tertiary/aromatic N) is 1. The highest BCUT2D eigenvalue weighted by molar-refractivity contribution is 6.35. The highest BCUT2D eigenvalue weighted by atomic mass is 35.5. The number of rotatable bonds is 10. The molecule has 1 aliphatic carbocycles. The summed E-state index contributed by atoms with van der Waals surface area (Å²) in [5, 5.41) is 3.83. The number of hydrogen-bond acceptors (Lipinski definition) is 3. The first-order valence-electron chi connectivity index (χ1n) is 12.4. The molecule has 1 aliphatic rings. The third-order valence-electron chi connectivity index (χ3n) is 6.52. The Hall–Kier alpha value is -3.09. The van der Waals surface area contributed by atoms with Gasteiger partial charge in [0.1, 0.15) is 17.6 Å². The van der Waals surface area contributed by atoms with Crippen LogP contribution in [-0.4, -0.2) is 35.4 Å². The molecule has 1 atom stereocenters. The van der Waals surface area contributed by atoms with Gasteiger partial charge in [0.15, 0.2) is 6.61 Å². The minimum atomic E-state index is -0.862. The summed E-state index contributed by atoms with van der Waals surface area (Å²) >= 11 is 12.2. The van der Waals surface area contributed by atoms with E-state index in [9.17, 15) is 14.0 Å². The Balaban J connectivity index is 1.63. The molecule has 0 heterocycles. The van der Waals surface area contributed by atoms with Gasteiger partial charge in [-0.3, -0.25) is 9.59 Å². The van der Waals surface area contributed by atoms with Crippen molar-refractivity contribution in [2.75, 3.05) is 6.61 Å². The fourth-order valence-electron chi connectivity index (χ4n) is 4.55. The highest BCUT2D eigenvalue weighted by Gasteiger charge is 2.33. The molecule has 0 unspecified atom stereocenters. The van der Waals surface area contributed by atoms with Crippen LogP contribution in [0.5, 0.6) is 5.75 Å². The van der Waals surface area contributed by atoms with Gasteiger partial charge in [0, 0.05) is 29.6 Å². The van der Waals surface area contributed by atoms with Gasteiger partial charge in [0.2, 0.25) is 5.91 Å². The smallest absolute Gasteiger partial charge is 0.261 e. The summed E-state index contributed by atoms with van der Waals surface area (Å²) < 4.78 is 20.4. The second-order valence-electron chi connectivity index (χ2n) is 9.17. The van der Waals surface area contributed by atoms with Gasteiger partial charge in [-0.25, -0.2) is 4.39 Å². The minimum absolute atomic E-state index is 0.0697. The molecule has 0 bridgehead atoms. The fraction of sp³-hybridized carbons (Fsp3) is 0.310. The van der Waals surface area contributed by atoms with Gasteiger partial charge in [-0.1, -0.05) is 84.6 Å². The van der Waals surface area contributed by atoms with E-state index in [-0.39, 0.29) is 36.5 Å². The molecule has 8 heteroatoms. The third-order valence-corrected chi connectivity index (χ3v) is 7.05. The molecule has 1 saturated carbocycles. The Morgan fingerprint density at radius 2 is 1.70 bits per heavy atom. The third kappa shape index (κ3) is 7.46. The van der Waals surface area contributed by atoms with Crippen molar-refractivity contribution in [2.45, 2.75) is 50.7 Å². The average molecular weight is 543 g/mol. The highest BCUT2D eigenvalue weighted by Crippen LogP contribution is 2.28. The van der Waals surface area contributed by atoms with Crippen molar-refractivity contribution >= 4 is 35.0 Å². The molecule has 5 nitrogen and oxygen atoms in total. The molecular weight excluding hydrogens is 514 g/mol. The van der Waals surface area contributed by atoms with E-state index >= 15 is 0 Å². The zero-order valence-electron chi connectivity index (χ0n) is 20.3. The molecule has 4 rings (SSSR count). The van der Waals surface area contributed by atoms with Crippen molar-refractivity contribution in [1.82, 2.24) is 10.2 Å². The van der Waals surface area contributed by atoms with E-state index in [1.165, 1.54) is 17.0 Å². The van der Waals surface area contributed by atoms with Crippen LogP contribution in [0.15, 0.2) is 72.8 Å². The number of benzene rings is 3. The summed E-state index contributed by atoms with van der Waals surface area (Å²) in [4.78, 5) is 28.6. The topological polar surface area (TPSA) is 58.6 Å².